The highest BCUT2D eigenvalue weighted by Gasteiger charge is 2.31. The SMILES string of the molecule is Cc1cc(-c2c(C)cc(C)c3c2oc2nc4ccccc4cc23)[n+](C)cc1C.Cc1cc(C)c2c(oc3nc4ccccc4cc32)c1-c1cccc[n+]1C.Cc1cc[n+](C)c(-c2c(C)cc(C)c3c2oc2nc4ccccc4cc23)c1.Cc1ccc(-c2c(C)cc(C)c3c2oc2nc4ccccc4cc23)[n+](C)c1.Cc1ccc2c(oc3nc4ccccc4cc32)c1-c1cc(CC(C)C)cc[n+]1C. The van der Waals surface area contributed by atoms with Crippen molar-refractivity contribution in [1.82, 2.24) is 24.9 Å². The van der Waals surface area contributed by atoms with Gasteiger partial charge in [0.05, 0.1) is 55.4 Å². The lowest BCUT2D eigenvalue weighted by molar-refractivity contribution is -0.660. The number of aryl methyl sites for hydroxylation is 18. The highest BCUT2D eigenvalue weighted by atomic mass is 16.4. The molecule has 15 heterocycles. The lowest BCUT2D eigenvalue weighted by Crippen LogP contribution is -2.31. The maximum atomic E-state index is 6.41. The Bertz CT molecular complexity index is 9300. The van der Waals surface area contributed by atoms with Crippen LogP contribution in [0.15, 0.2) is 302 Å². The Morgan fingerprint density at radius 3 is 0.978 bits per heavy atom. The first-order valence-corrected chi connectivity index (χ1v) is 47.1. The molecule has 15 aromatic heterocycles. The van der Waals surface area contributed by atoms with Crippen LogP contribution in [0.3, 0.4) is 0 Å². The molecule has 0 amide bonds. The van der Waals surface area contributed by atoms with E-state index in [0.29, 0.717) is 34.5 Å². The summed E-state index contributed by atoms with van der Waals surface area (Å²) in [5.41, 5.74) is 41.7. The summed E-state index contributed by atoms with van der Waals surface area (Å²) in [7, 11) is 10.4. The number of rotatable bonds is 7. The molecule has 0 aliphatic carbocycles. The van der Waals surface area contributed by atoms with E-state index in [-0.39, 0.29) is 0 Å². The zero-order valence-electron chi connectivity index (χ0n) is 81.4. The van der Waals surface area contributed by atoms with E-state index in [9.17, 15) is 0 Å². The van der Waals surface area contributed by atoms with Gasteiger partial charge in [-0.3, -0.25) is 0 Å². The summed E-state index contributed by atoms with van der Waals surface area (Å²) in [5, 5.41) is 16.8. The lowest BCUT2D eigenvalue weighted by atomic mass is 9.96. The van der Waals surface area contributed by atoms with Gasteiger partial charge in [-0.2, -0.15) is 0 Å². The first-order chi connectivity index (χ1) is 66.1. The van der Waals surface area contributed by atoms with E-state index in [2.05, 4.69) is 351 Å². The third-order valence-corrected chi connectivity index (χ3v) is 27.4. The zero-order chi connectivity index (χ0) is 94.9. The molecular weight excluding hydrogens is 1690 g/mol. The Kier molecular flexibility index (Phi) is 22.3. The van der Waals surface area contributed by atoms with Crippen LogP contribution in [0, 0.1) is 95.9 Å². The number of aromatic nitrogens is 10. The Morgan fingerprint density at radius 2 is 0.569 bits per heavy atom. The van der Waals surface area contributed by atoms with Crippen molar-refractivity contribution in [3.63, 3.8) is 0 Å². The van der Waals surface area contributed by atoms with E-state index in [1.54, 1.807) is 0 Å². The molecule has 0 atom stereocenters. The smallest absolute Gasteiger partial charge is 0.227 e. The summed E-state index contributed by atoms with van der Waals surface area (Å²) >= 11 is 0. The molecule has 0 bridgehead atoms. The van der Waals surface area contributed by atoms with Gasteiger partial charge in [-0.1, -0.05) is 141 Å². The summed E-state index contributed by atoms with van der Waals surface area (Å²) in [6.45, 7) is 32.4. The predicted molar refractivity (Wildman–Crippen MR) is 558 cm³/mol. The minimum Gasteiger partial charge on any atom is -0.437 e. The maximum absolute atomic E-state index is 6.41. The highest BCUT2D eigenvalue weighted by Crippen LogP contribution is 2.46. The number of nitrogens with zero attached hydrogens (tertiary/aromatic N) is 10. The molecule has 15 heteroatoms. The van der Waals surface area contributed by atoms with Crippen LogP contribution in [-0.2, 0) is 41.7 Å². The van der Waals surface area contributed by atoms with Gasteiger partial charge in [-0.25, -0.2) is 47.8 Å². The van der Waals surface area contributed by atoms with Crippen LogP contribution < -0.4 is 22.8 Å². The van der Waals surface area contributed by atoms with Crippen molar-refractivity contribution < 1.29 is 44.9 Å². The van der Waals surface area contributed by atoms with Gasteiger partial charge in [-0.05, 0) is 242 Å². The molecule has 137 heavy (non-hydrogen) atoms. The Labute approximate surface area is 794 Å². The van der Waals surface area contributed by atoms with Crippen LogP contribution >= 0.6 is 0 Å². The molecule has 25 aromatic rings. The van der Waals surface area contributed by atoms with Crippen LogP contribution in [0.25, 0.3) is 221 Å². The van der Waals surface area contributed by atoms with Crippen molar-refractivity contribution in [2.75, 3.05) is 0 Å². The van der Waals surface area contributed by atoms with E-state index < -0.39 is 0 Å². The van der Waals surface area contributed by atoms with Gasteiger partial charge in [0.15, 0.2) is 58.9 Å². The topological polar surface area (TPSA) is 150 Å². The predicted octanol–water partition coefficient (Wildman–Crippen LogP) is 28.3. The number of para-hydroxylation sites is 5. The first kappa shape index (κ1) is 87.6. The number of pyridine rings is 10. The third kappa shape index (κ3) is 15.7. The van der Waals surface area contributed by atoms with Crippen molar-refractivity contribution in [3.05, 3.63) is 358 Å². The summed E-state index contributed by atoms with van der Waals surface area (Å²) in [6.07, 6.45) is 11.7. The van der Waals surface area contributed by atoms with E-state index in [0.717, 1.165) is 193 Å². The van der Waals surface area contributed by atoms with Gasteiger partial charge in [0.2, 0.25) is 57.0 Å². The molecule has 25 rings (SSSR count). The Hall–Kier alpha value is -16.0. The molecule has 15 nitrogen and oxygen atoms in total. The first-order valence-electron chi connectivity index (χ1n) is 47.1. The van der Waals surface area contributed by atoms with Crippen LogP contribution in [0.5, 0.6) is 0 Å². The second-order valence-electron chi connectivity index (χ2n) is 38.0. The quantitative estimate of drug-likeness (QED) is 0.141. The van der Waals surface area contributed by atoms with Crippen molar-refractivity contribution in [2.24, 2.45) is 41.2 Å². The van der Waals surface area contributed by atoms with Crippen molar-refractivity contribution in [1.29, 1.82) is 0 Å². The van der Waals surface area contributed by atoms with Crippen molar-refractivity contribution in [2.45, 2.75) is 110 Å². The maximum Gasteiger partial charge on any atom is 0.227 e. The molecule has 0 aliphatic heterocycles. The monoisotopic (exact) mass is 1790 g/mol. The molecule has 0 saturated carbocycles. The minimum atomic E-state index is 0.621. The van der Waals surface area contributed by atoms with Gasteiger partial charge >= 0.3 is 0 Å². The van der Waals surface area contributed by atoms with Gasteiger partial charge in [0.25, 0.3) is 0 Å². The van der Waals surface area contributed by atoms with E-state index in [1.807, 2.05) is 91.0 Å². The fourth-order valence-electron chi connectivity index (χ4n) is 20.7. The normalized spacial score (nSPS) is 11.7. The van der Waals surface area contributed by atoms with Crippen LogP contribution in [0.1, 0.15) is 91.7 Å². The molecule has 0 aliphatic rings. The van der Waals surface area contributed by atoms with Crippen LogP contribution in [0.4, 0.5) is 0 Å². The van der Waals surface area contributed by atoms with Gasteiger partial charge < -0.3 is 22.1 Å². The second-order valence-corrected chi connectivity index (χ2v) is 38.0. The Balaban J connectivity index is 0.000000102. The van der Waals surface area contributed by atoms with E-state index >= 15 is 0 Å². The molecule has 0 N–H and O–H groups in total. The number of hydrogen-bond acceptors (Lipinski definition) is 10. The summed E-state index contributed by atoms with van der Waals surface area (Å²) in [6, 6.07) is 87.0. The molecule has 0 saturated heterocycles. The average molecular weight is 1800 g/mol. The Morgan fingerprint density at radius 1 is 0.234 bits per heavy atom. The van der Waals surface area contributed by atoms with Crippen molar-refractivity contribution >= 4 is 165 Å². The fourth-order valence-corrected chi connectivity index (χ4v) is 20.7. The third-order valence-electron chi connectivity index (χ3n) is 27.4. The van der Waals surface area contributed by atoms with Crippen LogP contribution in [0.2, 0.25) is 0 Å². The summed E-state index contributed by atoms with van der Waals surface area (Å²) in [4.78, 5) is 23.9. The second kappa shape index (κ2) is 34.8. The molecule has 0 unspecified atom stereocenters. The summed E-state index contributed by atoms with van der Waals surface area (Å²) in [5.74, 6) is 0.621. The molecule has 10 aromatic carbocycles. The highest BCUT2D eigenvalue weighted by molar-refractivity contribution is 6.18. The fraction of sp³-hybridized carbons (Fsp3) is 0.180. The average Bonchev–Trinajstić information content (AvgIpc) is 1.60. The largest absolute Gasteiger partial charge is 0.437 e. The van der Waals surface area contributed by atoms with Gasteiger partial charge in [-0.15, -0.1) is 0 Å². The van der Waals surface area contributed by atoms with Crippen LogP contribution in [-0.4, -0.2) is 24.9 Å². The minimum absolute atomic E-state index is 0.621. The van der Waals surface area contributed by atoms with Gasteiger partial charge in [0, 0.05) is 140 Å². The molecule has 0 radical (unpaired) electrons. The van der Waals surface area contributed by atoms with E-state index in [1.165, 1.54) is 83.6 Å². The molecular formula is C122H109N10O5+5. The molecule has 0 fully saturated rings. The lowest BCUT2D eigenvalue weighted by Gasteiger charge is -2.09. The number of fused-ring (bicyclic) bond motifs is 20. The summed E-state index contributed by atoms with van der Waals surface area (Å²) < 4.78 is 42.7. The van der Waals surface area contributed by atoms with Crippen molar-refractivity contribution in [3.8, 4) is 56.3 Å². The standard InChI is InChI=1S/C26H25N2O.C25H23N2O.2C24H21N2O.C23H19N2O/c1-16(2)13-18-11-12-28(4)23(14-18)24-17(3)9-10-20-21-15-19-7-5-6-8-22(19)27-26(21)29-25(20)24;1-14-11-21(27(5)13-17(14)4)23-16(3)10-15(2)22-19-12-18-8-6-7-9-20(18)26-25(19)28-24(22)23;1-14-9-10-20(26(4)13-14)22-16(3)11-15(2)21-18-12-17-7-5-6-8-19(17)25-24(18)27-23(21)22;1-14-9-10-26(4)20(11-14)22-16(3)12-15(2)21-18-13-17-7-5-6-8-19(17)25-24(18)27-23(21)22;1-14-12-15(2)21(19-10-6-7-11-25(19)3)22-20(14)17-13-16-8-4-5-9-18(16)24-23(17)26-22/h5-12,14-16H,13H2,1-4H3;6-13H,1-5H3;2*5-13H,1-4H3;4-13H,1-3H3/q5*+1. The van der Waals surface area contributed by atoms with E-state index in [4.69, 9.17) is 47.0 Å². The molecule has 0 spiro atoms. The number of benzene rings is 10. The number of hydrogen-bond donors (Lipinski definition) is 0. The number of furan rings is 5. The van der Waals surface area contributed by atoms with Gasteiger partial charge in [0.1, 0.15) is 35.2 Å². The zero-order valence-corrected chi connectivity index (χ0v) is 81.4. The molecule has 672 valence electrons.